The molecule has 0 amide bonds. The zero-order chi connectivity index (χ0) is 10.9. The summed E-state index contributed by atoms with van der Waals surface area (Å²) in [6.45, 7) is 1.56. The highest BCUT2D eigenvalue weighted by atomic mass is 16.1. The number of carbonyl (C=O) groups is 1. The minimum absolute atomic E-state index is 0.121. The van der Waals surface area contributed by atoms with Gasteiger partial charge in [-0.15, -0.1) is 0 Å². The fourth-order valence-corrected chi connectivity index (χ4v) is 1.21. The van der Waals surface area contributed by atoms with E-state index in [-0.39, 0.29) is 5.78 Å². The summed E-state index contributed by atoms with van der Waals surface area (Å²) in [5, 5.41) is 0. The lowest BCUT2D eigenvalue weighted by atomic mass is 10.2. The maximum atomic E-state index is 10.6. The van der Waals surface area contributed by atoms with Crippen molar-refractivity contribution >= 4 is 5.78 Å². The van der Waals surface area contributed by atoms with Gasteiger partial charge in [-0.05, 0) is 19.8 Å². The number of hydrogen-bond acceptors (Lipinski definition) is 1. The van der Waals surface area contributed by atoms with E-state index in [1.807, 2.05) is 30.3 Å². The van der Waals surface area contributed by atoms with Crippen molar-refractivity contribution in [3.05, 3.63) is 60.2 Å². The molecule has 78 valence electrons. The largest absolute Gasteiger partial charge is 0.295 e. The highest BCUT2D eigenvalue weighted by molar-refractivity contribution is 5.93. The summed E-state index contributed by atoms with van der Waals surface area (Å²) in [4.78, 5) is 10.6. The van der Waals surface area contributed by atoms with Gasteiger partial charge in [-0.2, -0.15) is 0 Å². The molecule has 0 N–H and O–H groups in total. The highest BCUT2D eigenvalue weighted by Crippen LogP contribution is 1.98. The molecule has 0 aromatic heterocycles. The first-order chi connectivity index (χ1) is 7.30. The normalized spacial score (nSPS) is 12.9. The molecule has 1 aliphatic rings. The fraction of sp³-hybridized carbons (Fsp3) is 0.214. The third kappa shape index (κ3) is 4.96. The number of Topliss-reactive ketones (excluding diaryl/α,β-unsaturated/α-hetero) is 1. The van der Waals surface area contributed by atoms with Crippen LogP contribution >= 0.6 is 0 Å². The maximum absolute atomic E-state index is 10.6. The van der Waals surface area contributed by atoms with Crippen LogP contribution in [0.2, 0.25) is 0 Å². The van der Waals surface area contributed by atoms with Gasteiger partial charge in [0, 0.05) is 5.56 Å². The SMILES string of the molecule is C1=CCCC=C1.CC(=O)c1ccccc1. The van der Waals surface area contributed by atoms with Gasteiger partial charge in [0.2, 0.25) is 0 Å². The topological polar surface area (TPSA) is 17.1 Å². The average Bonchev–Trinajstić information content (AvgIpc) is 2.33. The number of hydrogen-bond donors (Lipinski definition) is 0. The van der Waals surface area contributed by atoms with Crippen LogP contribution in [-0.4, -0.2) is 5.78 Å². The Morgan fingerprint density at radius 2 is 1.53 bits per heavy atom. The monoisotopic (exact) mass is 200 g/mol. The van der Waals surface area contributed by atoms with Crippen LogP contribution in [0.1, 0.15) is 30.1 Å². The Bertz CT molecular complexity index is 335. The van der Waals surface area contributed by atoms with Crippen LogP contribution in [0.5, 0.6) is 0 Å². The zero-order valence-corrected chi connectivity index (χ0v) is 9.02. The number of ketones is 1. The Kier molecular flexibility index (Phi) is 5.16. The molecule has 0 heterocycles. The van der Waals surface area contributed by atoms with Gasteiger partial charge in [0.1, 0.15) is 0 Å². The predicted octanol–water partition coefficient (Wildman–Crippen LogP) is 3.78. The molecule has 1 heteroatoms. The maximum Gasteiger partial charge on any atom is 0.159 e. The molecule has 0 saturated heterocycles. The van der Waals surface area contributed by atoms with Crippen LogP contribution in [0, 0.1) is 0 Å². The first-order valence-electron chi connectivity index (χ1n) is 5.18. The van der Waals surface area contributed by atoms with E-state index in [2.05, 4.69) is 24.3 Å². The van der Waals surface area contributed by atoms with Crippen molar-refractivity contribution in [1.29, 1.82) is 0 Å². The summed E-state index contributed by atoms with van der Waals surface area (Å²) < 4.78 is 0. The van der Waals surface area contributed by atoms with Gasteiger partial charge in [0.25, 0.3) is 0 Å². The Morgan fingerprint density at radius 3 is 1.80 bits per heavy atom. The third-order valence-electron chi connectivity index (χ3n) is 2.06. The van der Waals surface area contributed by atoms with Crippen molar-refractivity contribution in [3.63, 3.8) is 0 Å². The first kappa shape index (κ1) is 11.4. The second kappa shape index (κ2) is 6.77. The first-order valence-corrected chi connectivity index (χ1v) is 5.18. The van der Waals surface area contributed by atoms with Gasteiger partial charge in [0.15, 0.2) is 5.78 Å². The van der Waals surface area contributed by atoms with Crippen LogP contribution in [0.4, 0.5) is 0 Å². The Hall–Kier alpha value is -1.63. The van der Waals surface area contributed by atoms with E-state index in [1.165, 1.54) is 12.8 Å². The number of allylic oxidation sites excluding steroid dienone is 4. The van der Waals surface area contributed by atoms with Crippen LogP contribution in [0.3, 0.4) is 0 Å². The van der Waals surface area contributed by atoms with Crippen molar-refractivity contribution in [3.8, 4) is 0 Å². The average molecular weight is 200 g/mol. The Balaban J connectivity index is 0.000000162. The standard InChI is InChI=1S/C8H8O.C6H8/c1-7(9)8-5-3-2-4-6-8;1-2-4-6-5-3-1/h2-6H,1H3;1-4H,5-6H2. The number of rotatable bonds is 1. The number of carbonyl (C=O) groups excluding carboxylic acids is 1. The molecule has 1 nitrogen and oxygen atoms in total. The van der Waals surface area contributed by atoms with E-state index in [9.17, 15) is 4.79 Å². The second-order valence-electron chi connectivity index (χ2n) is 3.36. The van der Waals surface area contributed by atoms with E-state index < -0.39 is 0 Å². The van der Waals surface area contributed by atoms with E-state index >= 15 is 0 Å². The Morgan fingerprint density at radius 1 is 1.00 bits per heavy atom. The summed E-state index contributed by atoms with van der Waals surface area (Å²) in [6, 6.07) is 9.23. The van der Waals surface area contributed by atoms with E-state index in [1.54, 1.807) is 6.92 Å². The van der Waals surface area contributed by atoms with E-state index in [0.717, 1.165) is 5.56 Å². The second-order valence-corrected chi connectivity index (χ2v) is 3.36. The van der Waals surface area contributed by atoms with Gasteiger partial charge in [-0.3, -0.25) is 4.79 Å². The molecule has 0 bridgehead atoms. The molecule has 0 atom stereocenters. The minimum atomic E-state index is 0.121. The zero-order valence-electron chi connectivity index (χ0n) is 9.02. The molecule has 1 aliphatic carbocycles. The molecule has 1 aromatic rings. The van der Waals surface area contributed by atoms with Crippen molar-refractivity contribution in [1.82, 2.24) is 0 Å². The molecular formula is C14H16O. The summed E-state index contributed by atoms with van der Waals surface area (Å²) in [5.41, 5.74) is 0.775. The summed E-state index contributed by atoms with van der Waals surface area (Å²) in [7, 11) is 0. The van der Waals surface area contributed by atoms with Crippen LogP contribution in [0.25, 0.3) is 0 Å². The molecule has 0 saturated carbocycles. The van der Waals surface area contributed by atoms with Gasteiger partial charge in [-0.1, -0.05) is 54.6 Å². The fourth-order valence-electron chi connectivity index (χ4n) is 1.21. The van der Waals surface area contributed by atoms with Crippen molar-refractivity contribution < 1.29 is 4.79 Å². The van der Waals surface area contributed by atoms with Crippen molar-refractivity contribution in [2.75, 3.05) is 0 Å². The lowest BCUT2D eigenvalue weighted by Gasteiger charge is -1.89. The highest BCUT2D eigenvalue weighted by Gasteiger charge is 1.92. The van der Waals surface area contributed by atoms with E-state index in [4.69, 9.17) is 0 Å². The van der Waals surface area contributed by atoms with Gasteiger partial charge >= 0.3 is 0 Å². The van der Waals surface area contributed by atoms with Crippen LogP contribution in [-0.2, 0) is 0 Å². The van der Waals surface area contributed by atoms with Gasteiger partial charge in [0.05, 0.1) is 0 Å². The molecule has 0 spiro atoms. The van der Waals surface area contributed by atoms with E-state index in [0.29, 0.717) is 0 Å². The van der Waals surface area contributed by atoms with Gasteiger partial charge in [-0.25, -0.2) is 0 Å². The predicted molar refractivity (Wildman–Crippen MR) is 64.0 cm³/mol. The molecule has 0 unspecified atom stereocenters. The summed E-state index contributed by atoms with van der Waals surface area (Å²) >= 11 is 0. The lowest BCUT2D eigenvalue weighted by Crippen LogP contribution is -1.88. The molecule has 1 aromatic carbocycles. The molecule has 0 aliphatic heterocycles. The van der Waals surface area contributed by atoms with Crippen LogP contribution < -0.4 is 0 Å². The number of benzene rings is 1. The van der Waals surface area contributed by atoms with Crippen molar-refractivity contribution in [2.45, 2.75) is 19.8 Å². The molecule has 0 radical (unpaired) electrons. The summed E-state index contributed by atoms with van der Waals surface area (Å²) in [6.07, 6.45) is 11.0. The molecule has 2 rings (SSSR count). The molecule has 0 fully saturated rings. The smallest absolute Gasteiger partial charge is 0.159 e. The molecular weight excluding hydrogens is 184 g/mol. The summed E-state index contributed by atoms with van der Waals surface area (Å²) in [5.74, 6) is 0.121. The lowest BCUT2D eigenvalue weighted by molar-refractivity contribution is 0.101. The van der Waals surface area contributed by atoms with Gasteiger partial charge < -0.3 is 0 Å². The molecule has 15 heavy (non-hydrogen) atoms. The Labute approximate surface area is 91.1 Å². The van der Waals surface area contributed by atoms with Crippen molar-refractivity contribution in [2.24, 2.45) is 0 Å². The minimum Gasteiger partial charge on any atom is -0.295 e. The third-order valence-corrected chi connectivity index (χ3v) is 2.06. The quantitative estimate of drug-likeness (QED) is 0.630. The van der Waals surface area contributed by atoms with Crippen LogP contribution in [0.15, 0.2) is 54.6 Å².